The van der Waals surface area contributed by atoms with Crippen molar-refractivity contribution in [1.29, 1.82) is 0 Å². The molecule has 5 heteroatoms. The Bertz CT molecular complexity index is 301. The summed E-state index contributed by atoms with van der Waals surface area (Å²) in [5.74, 6) is 0.155. The van der Waals surface area contributed by atoms with Gasteiger partial charge in [-0.15, -0.1) is 5.10 Å². The lowest BCUT2D eigenvalue weighted by Gasteiger charge is -2.19. The number of hydrogen-bond donors (Lipinski definition) is 0. The second kappa shape index (κ2) is 4.91. The van der Waals surface area contributed by atoms with Crippen molar-refractivity contribution >= 4 is 5.91 Å². The maximum atomic E-state index is 11.9. The molecular formula is C10H16N4O. The Balaban J connectivity index is 1.89. The molecule has 1 amide bonds. The highest BCUT2D eigenvalue weighted by Crippen LogP contribution is 2.09. The zero-order chi connectivity index (χ0) is 10.5. The lowest BCUT2D eigenvalue weighted by atomic mass is 10.2. The molecule has 1 saturated heterocycles. The Morgan fingerprint density at radius 2 is 1.93 bits per heavy atom. The van der Waals surface area contributed by atoms with Crippen LogP contribution in [-0.4, -0.2) is 38.9 Å². The lowest BCUT2D eigenvalue weighted by Crippen LogP contribution is -2.34. The molecule has 0 bridgehead atoms. The first-order chi connectivity index (χ1) is 7.36. The zero-order valence-corrected chi connectivity index (χ0v) is 8.80. The summed E-state index contributed by atoms with van der Waals surface area (Å²) in [6.45, 7) is 2.11. The van der Waals surface area contributed by atoms with E-state index in [1.54, 1.807) is 17.1 Å². The largest absolute Gasteiger partial charge is 0.341 e. The van der Waals surface area contributed by atoms with Crippen LogP contribution >= 0.6 is 0 Å². The zero-order valence-electron chi connectivity index (χ0n) is 8.80. The Kier molecular flexibility index (Phi) is 3.32. The minimum absolute atomic E-state index is 0.155. The minimum Gasteiger partial charge on any atom is -0.341 e. The van der Waals surface area contributed by atoms with Crippen LogP contribution in [0, 0.1) is 0 Å². The van der Waals surface area contributed by atoms with Gasteiger partial charge in [0.25, 0.3) is 0 Å². The van der Waals surface area contributed by atoms with Crippen LogP contribution in [-0.2, 0) is 11.3 Å². The number of amides is 1. The van der Waals surface area contributed by atoms with E-state index in [0.717, 1.165) is 25.9 Å². The summed E-state index contributed by atoms with van der Waals surface area (Å²) in [5, 5.41) is 7.47. The SMILES string of the molecule is O=C(Cn1ccnn1)N1CCCCCC1. The molecule has 1 aromatic heterocycles. The molecule has 2 heterocycles. The molecule has 1 aliphatic heterocycles. The first kappa shape index (κ1) is 10.1. The van der Waals surface area contributed by atoms with Crippen molar-refractivity contribution in [2.45, 2.75) is 32.2 Å². The maximum absolute atomic E-state index is 11.9. The molecule has 15 heavy (non-hydrogen) atoms. The first-order valence-electron chi connectivity index (χ1n) is 5.48. The second-order valence-electron chi connectivity index (χ2n) is 3.90. The Labute approximate surface area is 89.1 Å². The smallest absolute Gasteiger partial charge is 0.244 e. The Hall–Kier alpha value is -1.39. The molecule has 2 rings (SSSR count). The molecule has 0 N–H and O–H groups in total. The molecule has 1 aromatic rings. The van der Waals surface area contributed by atoms with E-state index < -0.39 is 0 Å². The van der Waals surface area contributed by atoms with E-state index in [2.05, 4.69) is 10.3 Å². The van der Waals surface area contributed by atoms with Crippen molar-refractivity contribution in [1.82, 2.24) is 19.9 Å². The number of aromatic nitrogens is 3. The number of hydrogen-bond acceptors (Lipinski definition) is 3. The van der Waals surface area contributed by atoms with E-state index in [1.165, 1.54) is 12.8 Å². The fourth-order valence-corrected chi connectivity index (χ4v) is 1.88. The van der Waals surface area contributed by atoms with Crippen LogP contribution in [0.5, 0.6) is 0 Å². The molecule has 0 aromatic carbocycles. The molecule has 82 valence electrons. The van der Waals surface area contributed by atoms with Gasteiger partial charge in [-0.1, -0.05) is 18.1 Å². The van der Waals surface area contributed by atoms with Crippen molar-refractivity contribution in [2.75, 3.05) is 13.1 Å². The topological polar surface area (TPSA) is 51.0 Å². The van der Waals surface area contributed by atoms with Gasteiger partial charge in [0.15, 0.2) is 0 Å². The van der Waals surface area contributed by atoms with Gasteiger partial charge in [-0.05, 0) is 12.8 Å². The van der Waals surface area contributed by atoms with Crippen molar-refractivity contribution in [2.24, 2.45) is 0 Å². The molecule has 5 nitrogen and oxygen atoms in total. The quantitative estimate of drug-likeness (QED) is 0.718. The summed E-state index contributed by atoms with van der Waals surface area (Å²) in [5.41, 5.74) is 0. The predicted molar refractivity (Wildman–Crippen MR) is 55.1 cm³/mol. The lowest BCUT2D eigenvalue weighted by molar-refractivity contribution is -0.132. The van der Waals surface area contributed by atoms with Gasteiger partial charge in [0, 0.05) is 19.3 Å². The van der Waals surface area contributed by atoms with E-state index in [-0.39, 0.29) is 5.91 Å². The van der Waals surface area contributed by atoms with Crippen LogP contribution < -0.4 is 0 Å². The second-order valence-corrected chi connectivity index (χ2v) is 3.90. The van der Waals surface area contributed by atoms with Crippen molar-refractivity contribution in [3.05, 3.63) is 12.4 Å². The summed E-state index contributed by atoms with van der Waals surface area (Å²) in [6, 6.07) is 0. The molecule has 0 aliphatic carbocycles. The summed E-state index contributed by atoms with van der Waals surface area (Å²) in [6.07, 6.45) is 8.05. The van der Waals surface area contributed by atoms with Gasteiger partial charge in [0.2, 0.25) is 5.91 Å². The van der Waals surface area contributed by atoms with E-state index in [0.29, 0.717) is 6.54 Å². The average Bonchev–Trinajstić information content (AvgIpc) is 2.58. The summed E-state index contributed by atoms with van der Waals surface area (Å²) < 4.78 is 1.58. The predicted octanol–water partition coefficient (Wildman–Crippen LogP) is 0.681. The third-order valence-corrected chi connectivity index (χ3v) is 2.73. The molecule has 0 unspecified atom stereocenters. The molecule has 0 saturated carbocycles. The number of rotatable bonds is 2. The number of likely N-dealkylation sites (tertiary alicyclic amines) is 1. The van der Waals surface area contributed by atoms with Crippen LogP contribution in [0.15, 0.2) is 12.4 Å². The normalized spacial score (nSPS) is 17.5. The van der Waals surface area contributed by atoms with E-state index in [1.807, 2.05) is 4.90 Å². The number of carbonyl (C=O) groups excluding carboxylic acids is 1. The van der Waals surface area contributed by atoms with E-state index >= 15 is 0 Å². The Morgan fingerprint density at radius 1 is 1.20 bits per heavy atom. The van der Waals surface area contributed by atoms with Crippen molar-refractivity contribution < 1.29 is 4.79 Å². The standard InChI is InChI=1S/C10H16N4O/c15-10(9-14-8-5-11-12-14)13-6-3-1-2-4-7-13/h5,8H,1-4,6-7,9H2. The summed E-state index contributed by atoms with van der Waals surface area (Å²) >= 11 is 0. The average molecular weight is 208 g/mol. The molecule has 1 fully saturated rings. The fourth-order valence-electron chi connectivity index (χ4n) is 1.88. The molecule has 0 atom stereocenters. The molecular weight excluding hydrogens is 192 g/mol. The van der Waals surface area contributed by atoms with Gasteiger partial charge in [-0.2, -0.15) is 0 Å². The number of nitrogens with zero attached hydrogens (tertiary/aromatic N) is 4. The van der Waals surface area contributed by atoms with Gasteiger partial charge in [-0.25, -0.2) is 4.68 Å². The maximum Gasteiger partial charge on any atom is 0.244 e. The van der Waals surface area contributed by atoms with Gasteiger partial charge < -0.3 is 4.90 Å². The third-order valence-electron chi connectivity index (χ3n) is 2.73. The van der Waals surface area contributed by atoms with Gasteiger partial charge >= 0.3 is 0 Å². The highest BCUT2D eigenvalue weighted by atomic mass is 16.2. The third kappa shape index (κ3) is 2.78. The van der Waals surface area contributed by atoms with Crippen LogP contribution in [0.2, 0.25) is 0 Å². The highest BCUT2D eigenvalue weighted by Gasteiger charge is 2.15. The Morgan fingerprint density at radius 3 is 2.53 bits per heavy atom. The van der Waals surface area contributed by atoms with Gasteiger partial charge in [-0.3, -0.25) is 4.79 Å². The van der Waals surface area contributed by atoms with Gasteiger partial charge in [0.1, 0.15) is 6.54 Å². The van der Waals surface area contributed by atoms with Crippen LogP contribution in [0.4, 0.5) is 0 Å². The highest BCUT2D eigenvalue weighted by molar-refractivity contribution is 5.75. The van der Waals surface area contributed by atoms with Crippen molar-refractivity contribution in [3.63, 3.8) is 0 Å². The summed E-state index contributed by atoms with van der Waals surface area (Å²) in [4.78, 5) is 13.8. The van der Waals surface area contributed by atoms with Gasteiger partial charge in [0.05, 0.1) is 6.20 Å². The molecule has 0 spiro atoms. The van der Waals surface area contributed by atoms with E-state index in [4.69, 9.17) is 0 Å². The monoisotopic (exact) mass is 208 g/mol. The van der Waals surface area contributed by atoms with Crippen LogP contribution in [0.25, 0.3) is 0 Å². The molecule has 0 radical (unpaired) electrons. The molecule has 1 aliphatic rings. The van der Waals surface area contributed by atoms with Crippen molar-refractivity contribution in [3.8, 4) is 0 Å². The fraction of sp³-hybridized carbons (Fsp3) is 0.700. The van der Waals surface area contributed by atoms with Crippen LogP contribution in [0.1, 0.15) is 25.7 Å². The number of carbonyl (C=O) groups is 1. The summed E-state index contributed by atoms with van der Waals surface area (Å²) in [7, 11) is 0. The minimum atomic E-state index is 0.155. The van der Waals surface area contributed by atoms with E-state index in [9.17, 15) is 4.79 Å². The van der Waals surface area contributed by atoms with Crippen LogP contribution in [0.3, 0.4) is 0 Å². The first-order valence-corrected chi connectivity index (χ1v) is 5.48.